The topological polar surface area (TPSA) is 95.3 Å². The minimum atomic E-state index is -0.372. The summed E-state index contributed by atoms with van der Waals surface area (Å²) >= 11 is 14.8. The molecule has 1 unspecified atom stereocenters. The second-order valence-corrected chi connectivity index (χ2v) is 12.0. The molecule has 1 atom stereocenters. The van der Waals surface area contributed by atoms with Crippen LogP contribution in [0.25, 0.3) is 0 Å². The standard InChI is InChI=1S/C26H30Cl2N4O4S2/c1-4-35-25(34)23-17-9-7-15(2)12-20(17)38-24(23)29-22(33)14-37-26-31-30-21(32(26)3)6-5-11-36-19-10-8-16(27)13-18(19)28/h8,10,13,15H,4-7,9,11-12,14H2,1-3H3,(H,29,33). The molecule has 204 valence electrons. The van der Waals surface area contributed by atoms with Gasteiger partial charge in [0.25, 0.3) is 0 Å². The van der Waals surface area contributed by atoms with Crippen molar-refractivity contribution in [2.24, 2.45) is 13.0 Å². The molecule has 0 saturated heterocycles. The van der Waals surface area contributed by atoms with Crippen LogP contribution in [0.4, 0.5) is 5.00 Å². The van der Waals surface area contributed by atoms with Crippen LogP contribution < -0.4 is 10.1 Å². The van der Waals surface area contributed by atoms with Crippen molar-refractivity contribution in [1.82, 2.24) is 14.8 Å². The van der Waals surface area contributed by atoms with Crippen molar-refractivity contribution < 1.29 is 19.1 Å². The summed E-state index contributed by atoms with van der Waals surface area (Å²) < 4.78 is 12.9. The number of ether oxygens (including phenoxy) is 2. The second-order valence-electron chi connectivity index (χ2n) is 9.10. The SMILES string of the molecule is CCOC(=O)c1c(NC(=O)CSc2nnc(CCCOc3ccc(Cl)cc3Cl)n2C)sc2c1CCC(C)C2. The summed E-state index contributed by atoms with van der Waals surface area (Å²) in [6.45, 7) is 4.74. The third-order valence-corrected chi connectivity index (χ3v) is 8.92. The fourth-order valence-electron chi connectivity index (χ4n) is 4.24. The Morgan fingerprint density at radius 1 is 1.29 bits per heavy atom. The predicted octanol–water partition coefficient (Wildman–Crippen LogP) is 6.23. The van der Waals surface area contributed by atoms with E-state index in [4.69, 9.17) is 32.7 Å². The van der Waals surface area contributed by atoms with Crippen molar-refractivity contribution in [2.75, 3.05) is 24.3 Å². The van der Waals surface area contributed by atoms with E-state index < -0.39 is 0 Å². The lowest BCUT2D eigenvalue weighted by molar-refractivity contribution is -0.113. The Morgan fingerprint density at radius 2 is 2.11 bits per heavy atom. The summed E-state index contributed by atoms with van der Waals surface area (Å²) in [6, 6.07) is 5.12. The van der Waals surface area contributed by atoms with Crippen LogP contribution in [0, 0.1) is 5.92 Å². The number of benzene rings is 1. The first-order valence-corrected chi connectivity index (χ1v) is 15.0. The van der Waals surface area contributed by atoms with Gasteiger partial charge in [0.2, 0.25) is 5.91 Å². The molecule has 2 heterocycles. The van der Waals surface area contributed by atoms with Crippen molar-refractivity contribution in [3.8, 4) is 5.75 Å². The largest absolute Gasteiger partial charge is 0.492 e. The monoisotopic (exact) mass is 596 g/mol. The first kappa shape index (κ1) is 28.7. The molecule has 4 rings (SSSR count). The summed E-state index contributed by atoms with van der Waals surface area (Å²) in [7, 11) is 1.87. The molecular weight excluding hydrogens is 567 g/mol. The molecule has 0 bridgehead atoms. The maximum absolute atomic E-state index is 12.8. The van der Waals surface area contributed by atoms with E-state index in [1.54, 1.807) is 25.1 Å². The Morgan fingerprint density at radius 3 is 2.87 bits per heavy atom. The summed E-state index contributed by atoms with van der Waals surface area (Å²) in [5, 5.41) is 13.7. The molecule has 8 nitrogen and oxygen atoms in total. The number of hydrogen-bond donors (Lipinski definition) is 1. The molecule has 0 spiro atoms. The van der Waals surface area contributed by atoms with Crippen LogP contribution in [0.1, 0.15) is 53.3 Å². The van der Waals surface area contributed by atoms with Gasteiger partial charge in [0.05, 0.1) is 29.6 Å². The molecule has 0 aliphatic heterocycles. The molecule has 1 aliphatic carbocycles. The quantitative estimate of drug-likeness (QED) is 0.159. The van der Waals surface area contributed by atoms with Crippen molar-refractivity contribution in [2.45, 2.75) is 51.1 Å². The maximum Gasteiger partial charge on any atom is 0.341 e. The van der Waals surface area contributed by atoms with Crippen LogP contribution in [0.3, 0.4) is 0 Å². The highest BCUT2D eigenvalue weighted by Crippen LogP contribution is 2.40. The number of thiophene rings is 1. The number of anilines is 1. The normalized spacial score (nSPS) is 14.7. The summed E-state index contributed by atoms with van der Waals surface area (Å²) in [6.07, 6.45) is 4.13. The summed E-state index contributed by atoms with van der Waals surface area (Å²) in [5.74, 6) is 1.51. The van der Waals surface area contributed by atoms with Crippen LogP contribution in [0.2, 0.25) is 10.0 Å². The first-order valence-electron chi connectivity index (χ1n) is 12.5. The minimum Gasteiger partial charge on any atom is -0.492 e. The Balaban J connectivity index is 1.31. The van der Waals surface area contributed by atoms with Gasteiger partial charge in [-0.3, -0.25) is 4.79 Å². The number of esters is 1. The fraction of sp³-hybridized carbons (Fsp3) is 0.462. The van der Waals surface area contributed by atoms with E-state index in [9.17, 15) is 9.59 Å². The first-order chi connectivity index (χ1) is 18.3. The number of fused-ring (bicyclic) bond motifs is 1. The average molecular weight is 598 g/mol. The molecular formula is C26H30Cl2N4O4S2. The lowest BCUT2D eigenvalue weighted by Crippen LogP contribution is -2.18. The van der Waals surface area contributed by atoms with Gasteiger partial charge >= 0.3 is 5.97 Å². The number of hydrogen-bond acceptors (Lipinski definition) is 8. The number of nitrogens with one attached hydrogen (secondary N) is 1. The lowest BCUT2D eigenvalue weighted by Gasteiger charge is -2.18. The van der Waals surface area contributed by atoms with Crippen molar-refractivity contribution in [1.29, 1.82) is 0 Å². The van der Waals surface area contributed by atoms with Crippen LogP contribution in [-0.4, -0.2) is 45.6 Å². The highest BCUT2D eigenvalue weighted by Gasteiger charge is 2.29. The van der Waals surface area contributed by atoms with Crippen molar-refractivity contribution >= 4 is 63.2 Å². The molecule has 12 heteroatoms. The number of halogens is 2. The Labute approximate surface area is 240 Å². The second kappa shape index (κ2) is 13.2. The number of amides is 1. The third-order valence-electron chi connectivity index (χ3n) is 6.20. The van der Waals surface area contributed by atoms with Crippen molar-refractivity contribution in [3.05, 3.63) is 50.1 Å². The zero-order valence-electron chi connectivity index (χ0n) is 21.5. The molecule has 3 aromatic rings. The van der Waals surface area contributed by atoms with Gasteiger partial charge in [0.15, 0.2) is 5.16 Å². The van der Waals surface area contributed by atoms with E-state index in [1.807, 2.05) is 11.6 Å². The highest BCUT2D eigenvalue weighted by molar-refractivity contribution is 7.99. The van der Waals surface area contributed by atoms with Gasteiger partial charge in [0, 0.05) is 23.4 Å². The van der Waals surface area contributed by atoms with Gasteiger partial charge < -0.3 is 19.4 Å². The molecule has 1 aromatic carbocycles. The number of thioether (sulfide) groups is 1. The average Bonchev–Trinajstić information content (AvgIpc) is 3.40. The molecule has 0 radical (unpaired) electrons. The van der Waals surface area contributed by atoms with Crippen LogP contribution in [0.5, 0.6) is 5.75 Å². The molecule has 0 fully saturated rings. The summed E-state index contributed by atoms with van der Waals surface area (Å²) in [4.78, 5) is 26.7. The van der Waals surface area contributed by atoms with E-state index in [0.29, 0.717) is 63.5 Å². The van der Waals surface area contributed by atoms with Gasteiger partial charge in [-0.05, 0) is 62.3 Å². The number of aryl methyl sites for hydroxylation is 1. The number of aromatic nitrogens is 3. The molecule has 2 aromatic heterocycles. The van der Waals surface area contributed by atoms with Crippen LogP contribution in [0.15, 0.2) is 23.4 Å². The number of nitrogens with zero attached hydrogens (tertiary/aromatic N) is 3. The smallest absolute Gasteiger partial charge is 0.341 e. The van der Waals surface area contributed by atoms with Crippen LogP contribution in [-0.2, 0) is 35.8 Å². The molecule has 1 amide bonds. The van der Waals surface area contributed by atoms with Crippen LogP contribution >= 0.6 is 46.3 Å². The van der Waals surface area contributed by atoms with Gasteiger partial charge in [-0.2, -0.15) is 0 Å². The molecule has 1 aliphatic rings. The van der Waals surface area contributed by atoms with E-state index in [1.165, 1.54) is 23.1 Å². The third kappa shape index (κ3) is 7.02. The maximum atomic E-state index is 12.8. The fourth-order valence-corrected chi connectivity index (χ4v) is 6.85. The van der Waals surface area contributed by atoms with E-state index >= 15 is 0 Å². The Bertz CT molecular complexity index is 1310. The van der Waals surface area contributed by atoms with Gasteiger partial charge in [-0.15, -0.1) is 21.5 Å². The van der Waals surface area contributed by atoms with E-state index in [0.717, 1.165) is 35.5 Å². The molecule has 0 saturated carbocycles. The molecule has 38 heavy (non-hydrogen) atoms. The predicted molar refractivity (Wildman–Crippen MR) is 152 cm³/mol. The Hall–Kier alpha value is -2.27. The minimum absolute atomic E-state index is 0.144. The number of carbonyl (C=O) groups is 2. The zero-order valence-corrected chi connectivity index (χ0v) is 24.7. The highest BCUT2D eigenvalue weighted by atomic mass is 35.5. The number of rotatable bonds is 11. The van der Waals surface area contributed by atoms with Gasteiger partial charge in [0.1, 0.15) is 16.6 Å². The molecule has 1 N–H and O–H groups in total. The van der Waals surface area contributed by atoms with E-state index in [-0.39, 0.29) is 17.6 Å². The van der Waals surface area contributed by atoms with Crippen molar-refractivity contribution in [3.63, 3.8) is 0 Å². The summed E-state index contributed by atoms with van der Waals surface area (Å²) in [5.41, 5.74) is 1.54. The van der Waals surface area contributed by atoms with Gasteiger partial charge in [-0.25, -0.2) is 4.79 Å². The lowest BCUT2D eigenvalue weighted by atomic mass is 9.88. The van der Waals surface area contributed by atoms with Gasteiger partial charge in [-0.1, -0.05) is 41.9 Å². The van der Waals surface area contributed by atoms with E-state index in [2.05, 4.69) is 22.4 Å². The Kier molecular flexibility index (Phi) is 9.97. The number of carbonyl (C=O) groups excluding carboxylic acids is 2. The zero-order chi connectivity index (χ0) is 27.2.